The standard InChI is InChI=1S/C8H17NO4/c1-2-3-4-5-8(6-10,13-9)7(11)12/h10H,2-6,9H2,1H3,(H,11,12). The van der Waals surface area contributed by atoms with Crippen LogP contribution in [0.1, 0.15) is 32.6 Å². The number of rotatable bonds is 7. The number of carboxylic acids is 1. The number of unbranched alkanes of at least 4 members (excludes halogenated alkanes) is 2. The summed E-state index contributed by atoms with van der Waals surface area (Å²) in [6.07, 6.45) is 2.80. The van der Waals surface area contributed by atoms with Gasteiger partial charge in [0.05, 0.1) is 6.61 Å². The molecule has 78 valence electrons. The van der Waals surface area contributed by atoms with Crippen molar-refractivity contribution in [1.82, 2.24) is 0 Å². The van der Waals surface area contributed by atoms with Crippen molar-refractivity contribution < 1.29 is 19.8 Å². The van der Waals surface area contributed by atoms with E-state index in [0.29, 0.717) is 6.42 Å². The predicted octanol–water partition coefficient (Wildman–Crippen LogP) is 0.273. The Balaban J connectivity index is 4.14. The minimum Gasteiger partial charge on any atom is -0.479 e. The van der Waals surface area contributed by atoms with Gasteiger partial charge in [0.2, 0.25) is 5.60 Å². The molecule has 0 aliphatic rings. The van der Waals surface area contributed by atoms with Crippen molar-refractivity contribution in [2.75, 3.05) is 6.61 Å². The van der Waals surface area contributed by atoms with Crippen molar-refractivity contribution in [3.05, 3.63) is 0 Å². The molecule has 0 heterocycles. The van der Waals surface area contributed by atoms with E-state index in [1.807, 2.05) is 6.92 Å². The van der Waals surface area contributed by atoms with E-state index in [-0.39, 0.29) is 6.42 Å². The van der Waals surface area contributed by atoms with Gasteiger partial charge in [-0.05, 0) is 12.8 Å². The van der Waals surface area contributed by atoms with Gasteiger partial charge in [0.15, 0.2) is 0 Å². The molecule has 0 amide bonds. The van der Waals surface area contributed by atoms with Gasteiger partial charge >= 0.3 is 5.97 Å². The molecule has 13 heavy (non-hydrogen) atoms. The lowest BCUT2D eigenvalue weighted by atomic mass is 9.97. The first-order valence-electron chi connectivity index (χ1n) is 4.35. The van der Waals surface area contributed by atoms with Crippen molar-refractivity contribution in [2.24, 2.45) is 5.90 Å². The van der Waals surface area contributed by atoms with E-state index >= 15 is 0 Å². The predicted molar refractivity (Wildman–Crippen MR) is 46.9 cm³/mol. The van der Waals surface area contributed by atoms with Crippen LogP contribution in [0.4, 0.5) is 0 Å². The Morgan fingerprint density at radius 3 is 2.46 bits per heavy atom. The van der Waals surface area contributed by atoms with E-state index in [2.05, 4.69) is 4.84 Å². The van der Waals surface area contributed by atoms with Gasteiger partial charge in [-0.1, -0.05) is 19.8 Å². The van der Waals surface area contributed by atoms with E-state index in [9.17, 15) is 4.79 Å². The zero-order valence-corrected chi connectivity index (χ0v) is 7.82. The Labute approximate surface area is 77.5 Å². The van der Waals surface area contributed by atoms with E-state index in [1.54, 1.807) is 0 Å². The Hall–Kier alpha value is -0.650. The molecule has 0 spiro atoms. The quantitative estimate of drug-likeness (QED) is 0.397. The molecule has 0 aromatic carbocycles. The summed E-state index contributed by atoms with van der Waals surface area (Å²) in [7, 11) is 0. The molecule has 0 fully saturated rings. The molecule has 0 saturated carbocycles. The molecule has 0 aromatic rings. The Bertz CT molecular complexity index is 156. The summed E-state index contributed by atoms with van der Waals surface area (Å²) in [5.41, 5.74) is -1.62. The lowest BCUT2D eigenvalue weighted by Gasteiger charge is -2.24. The fraction of sp³-hybridized carbons (Fsp3) is 0.875. The molecule has 4 N–H and O–H groups in total. The second-order valence-electron chi connectivity index (χ2n) is 3.03. The van der Waals surface area contributed by atoms with Crippen molar-refractivity contribution in [3.63, 3.8) is 0 Å². The molecule has 1 atom stereocenters. The smallest absolute Gasteiger partial charge is 0.340 e. The van der Waals surface area contributed by atoms with Crippen molar-refractivity contribution in [3.8, 4) is 0 Å². The number of aliphatic hydroxyl groups is 1. The second kappa shape index (κ2) is 5.90. The summed E-state index contributed by atoms with van der Waals surface area (Å²) >= 11 is 0. The van der Waals surface area contributed by atoms with Gasteiger partial charge in [-0.3, -0.25) is 4.84 Å². The maximum absolute atomic E-state index is 10.7. The zero-order valence-electron chi connectivity index (χ0n) is 7.82. The fourth-order valence-corrected chi connectivity index (χ4v) is 1.06. The lowest BCUT2D eigenvalue weighted by Crippen LogP contribution is -2.47. The van der Waals surface area contributed by atoms with Gasteiger partial charge in [0.25, 0.3) is 0 Å². The van der Waals surface area contributed by atoms with E-state index in [4.69, 9.17) is 16.1 Å². The van der Waals surface area contributed by atoms with Crippen LogP contribution in [0.3, 0.4) is 0 Å². The van der Waals surface area contributed by atoms with Crippen LogP contribution >= 0.6 is 0 Å². The van der Waals surface area contributed by atoms with E-state index in [0.717, 1.165) is 12.8 Å². The molecule has 0 radical (unpaired) electrons. The van der Waals surface area contributed by atoms with Gasteiger partial charge in [-0.2, -0.15) is 0 Å². The molecule has 0 saturated heterocycles. The topological polar surface area (TPSA) is 92.8 Å². The molecule has 0 bridgehead atoms. The van der Waals surface area contributed by atoms with Crippen LogP contribution in [-0.2, 0) is 9.63 Å². The van der Waals surface area contributed by atoms with Gasteiger partial charge in [-0.25, -0.2) is 10.7 Å². The van der Waals surface area contributed by atoms with Crippen molar-refractivity contribution in [1.29, 1.82) is 0 Å². The highest BCUT2D eigenvalue weighted by atomic mass is 16.7. The Kier molecular flexibility index (Phi) is 5.61. The molecule has 0 aliphatic heterocycles. The summed E-state index contributed by atoms with van der Waals surface area (Å²) in [6.45, 7) is 1.41. The lowest BCUT2D eigenvalue weighted by molar-refractivity contribution is -0.174. The fourth-order valence-electron chi connectivity index (χ4n) is 1.06. The van der Waals surface area contributed by atoms with Gasteiger partial charge in [0, 0.05) is 0 Å². The van der Waals surface area contributed by atoms with Crippen LogP contribution in [0.2, 0.25) is 0 Å². The summed E-state index contributed by atoms with van der Waals surface area (Å²) in [6, 6.07) is 0. The zero-order chi connectivity index (χ0) is 10.3. The normalized spacial score (nSPS) is 15.3. The minimum atomic E-state index is -1.62. The van der Waals surface area contributed by atoms with Crippen molar-refractivity contribution >= 4 is 5.97 Å². The number of aliphatic hydroxyl groups excluding tert-OH is 1. The maximum atomic E-state index is 10.7. The Morgan fingerprint density at radius 2 is 2.15 bits per heavy atom. The third kappa shape index (κ3) is 3.30. The largest absolute Gasteiger partial charge is 0.479 e. The highest BCUT2D eigenvalue weighted by Crippen LogP contribution is 2.18. The van der Waals surface area contributed by atoms with Crippen LogP contribution in [0, 0.1) is 0 Å². The molecule has 0 rings (SSSR count). The highest BCUT2D eigenvalue weighted by molar-refractivity contribution is 5.77. The molecule has 0 aromatic heterocycles. The molecule has 0 aliphatic carbocycles. The minimum absolute atomic E-state index is 0.239. The van der Waals surface area contributed by atoms with Gasteiger partial charge < -0.3 is 10.2 Å². The summed E-state index contributed by atoms with van der Waals surface area (Å²) in [4.78, 5) is 15.1. The van der Waals surface area contributed by atoms with Crippen LogP contribution in [0.25, 0.3) is 0 Å². The molecule has 1 unspecified atom stereocenters. The SMILES string of the molecule is CCCCCC(CO)(ON)C(=O)O. The molecule has 5 heteroatoms. The average Bonchev–Trinajstić information content (AvgIpc) is 2.13. The number of aliphatic carboxylic acids is 1. The van der Waals surface area contributed by atoms with Crippen LogP contribution in [0.15, 0.2) is 0 Å². The first kappa shape index (κ1) is 12.3. The number of nitrogens with two attached hydrogens (primary N) is 1. The summed E-state index contributed by atoms with van der Waals surface area (Å²) in [5.74, 6) is 3.65. The van der Waals surface area contributed by atoms with E-state index in [1.165, 1.54) is 0 Å². The van der Waals surface area contributed by atoms with Crippen LogP contribution in [-0.4, -0.2) is 28.4 Å². The molecule has 5 nitrogen and oxygen atoms in total. The average molecular weight is 191 g/mol. The summed E-state index contributed by atoms with van der Waals surface area (Å²) < 4.78 is 0. The van der Waals surface area contributed by atoms with Gasteiger partial charge in [-0.15, -0.1) is 0 Å². The van der Waals surface area contributed by atoms with Crippen LogP contribution in [0.5, 0.6) is 0 Å². The first-order valence-corrected chi connectivity index (χ1v) is 4.35. The third-order valence-electron chi connectivity index (χ3n) is 2.05. The van der Waals surface area contributed by atoms with Crippen molar-refractivity contribution in [2.45, 2.75) is 38.2 Å². The van der Waals surface area contributed by atoms with Crippen LogP contribution < -0.4 is 5.90 Å². The first-order chi connectivity index (χ1) is 6.13. The number of hydrogen-bond acceptors (Lipinski definition) is 4. The number of carbonyl (C=O) groups is 1. The monoisotopic (exact) mass is 191 g/mol. The van der Waals surface area contributed by atoms with E-state index < -0.39 is 18.2 Å². The molecular weight excluding hydrogens is 174 g/mol. The number of carboxylic acid groups (broad SMARTS) is 1. The Morgan fingerprint density at radius 1 is 1.54 bits per heavy atom. The summed E-state index contributed by atoms with van der Waals surface area (Å²) in [5, 5.41) is 17.6. The second-order valence-corrected chi connectivity index (χ2v) is 3.03. The van der Waals surface area contributed by atoms with Gasteiger partial charge in [0.1, 0.15) is 0 Å². The third-order valence-corrected chi connectivity index (χ3v) is 2.05. The molecular formula is C8H17NO4. The highest BCUT2D eigenvalue weighted by Gasteiger charge is 2.38. The number of hydrogen-bond donors (Lipinski definition) is 3. The maximum Gasteiger partial charge on any atom is 0.340 e.